The summed E-state index contributed by atoms with van der Waals surface area (Å²) in [4.78, 5) is 13.5. The van der Waals surface area contributed by atoms with E-state index in [2.05, 4.69) is 65.3 Å². The number of carbonyl (C=O) groups excluding carboxylic acids is 1. The Morgan fingerprint density at radius 3 is 2.36 bits per heavy atom. The Balaban J connectivity index is 1.16. The van der Waals surface area contributed by atoms with Crippen LogP contribution >= 0.6 is 11.9 Å². The fraction of sp³-hybridized carbons (Fsp3) is 0.806. The molecule has 4 aliphatic carbocycles. The van der Waals surface area contributed by atoms with Crippen LogP contribution in [0.15, 0.2) is 29.2 Å². The zero-order chi connectivity index (χ0) is 30.4. The molecular weight excluding hydrogens is 542 g/mol. The first-order chi connectivity index (χ1) is 19.8. The molecule has 5 rings (SSSR count). The van der Waals surface area contributed by atoms with Gasteiger partial charge in [0.2, 0.25) is 0 Å². The van der Waals surface area contributed by atoms with Crippen LogP contribution in [0.2, 0.25) is 0 Å². The summed E-state index contributed by atoms with van der Waals surface area (Å²) in [5.74, 6) is 3.30. The smallest absolute Gasteiger partial charge is 0.417 e. The first kappa shape index (κ1) is 32.2. The highest BCUT2D eigenvalue weighted by Crippen LogP contribution is 2.69. The average molecular weight is 600 g/mol. The SMILES string of the molecule is CC[C@H]1[C@@H](O)[C@H]2[C@@H]3CC[C@H]([C@H](C)CCOC(=O)NSc4ccc(C(C)(C)C)cc4)C3(C)CC[C@@H]2[C@@]2(C)CC[C@@H](O)C[C@@H]12. The number of carbonyl (C=O) groups is 1. The van der Waals surface area contributed by atoms with E-state index in [0.717, 1.165) is 37.0 Å². The molecule has 11 atom stereocenters. The van der Waals surface area contributed by atoms with Crippen LogP contribution in [0.3, 0.4) is 0 Å². The Labute approximate surface area is 259 Å². The van der Waals surface area contributed by atoms with E-state index in [9.17, 15) is 15.0 Å². The van der Waals surface area contributed by atoms with Crippen molar-refractivity contribution in [3.63, 3.8) is 0 Å². The van der Waals surface area contributed by atoms with Crippen molar-refractivity contribution in [3.8, 4) is 0 Å². The van der Waals surface area contributed by atoms with Crippen LogP contribution < -0.4 is 4.72 Å². The van der Waals surface area contributed by atoms with Gasteiger partial charge < -0.3 is 14.9 Å². The summed E-state index contributed by atoms with van der Waals surface area (Å²) < 4.78 is 8.46. The highest BCUT2D eigenvalue weighted by Gasteiger charge is 2.64. The van der Waals surface area contributed by atoms with Crippen molar-refractivity contribution < 1.29 is 19.7 Å². The number of ether oxygens (including phenoxy) is 1. The molecule has 1 aromatic carbocycles. The summed E-state index contributed by atoms with van der Waals surface area (Å²) in [6, 6.07) is 8.33. The van der Waals surface area contributed by atoms with Gasteiger partial charge >= 0.3 is 6.09 Å². The molecule has 1 amide bonds. The largest absolute Gasteiger partial charge is 0.449 e. The molecular formula is C36H57NO4S. The number of aliphatic hydroxyl groups excluding tert-OH is 2. The molecule has 0 aliphatic heterocycles. The van der Waals surface area contributed by atoms with Crippen molar-refractivity contribution in [1.82, 2.24) is 4.72 Å². The number of aliphatic hydroxyl groups is 2. The Kier molecular flexibility index (Phi) is 9.40. The third kappa shape index (κ3) is 5.90. The van der Waals surface area contributed by atoms with Gasteiger partial charge in [0.1, 0.15) is 0 Å². The molecule has 0 aromatic heterocycles. The molecule has 0 heterocycles. The van der Waals surface area contributed by atoms with Gasteiger partial charge in [-0.15, -0.1) is 0 Å². The third-order valence-corrected chi connectivity index (χ3v) is 13.7. The van der Waals surface area contributed by atoms with Crippen LogP contribution in [0.5, 0.6) is 0 Å². The van der Waals surface area contributed by atoms with Crippen LogP contribution in [-0.2, 0) is 10.2 Å². The van der Waals surface area contributed by atoms with Crippen molar-refractivity contribution in [2.24, 2.45) is 52.3 Å². The van der Waals surface area contributed by atoms with E-state index in [1.807, 2.05) is 12.1 Å². The summed E-state index contributed by atoms with van der Waals surface area (Å²) >= 11 is 1.30. The number of hydrogen-bond donors (Lipinski definition) is 3. The molecule has 4 fully saturated rings. The molecule has 5 nitrogen and oxygen atoms in total. The normalized spacial score (nSPS) is 40.4. The Hall–Kier alpha value is -1.24. The Morgan fingerprint density at radius 1 is 1.02 bits per heavy atom. The number of rotatable bonds is 7. The van der Waals surface area contributed by atoms with E-state index >= 15 is 0 Å². The van der Waals surface area contributed by atoms with Gasteiger partial charge in [0.15, 0.2) is 0 Å². The van der Waals surface area contributed by atoms with Crippen LogP contribution in [0, 0.1) is 52.3 Å². The second kappa shape index (κ2) is 12.3. The van der Waals surface area contributed by atoms with Crippen LogP contribution in [-0.4, -0.2) is 35.1 Å². The Bertz CT molecular complexity index is 1090. The molecule has 42 heavy (non-hydrogen) atoms. The molecule has 0 bridgehead atoms. The van der Waals surface area contributed by atoms with Gasteiger partial charge in [0, 0.05) is 4.90 Å². The number of nitrogens with one attached hydrogen (secondary N) is 1. The standard InChI is InChI=1S/C36H57NO4S/c1-8-26-30-21-24(38)15-18-36(30,7)29-16-19-35(6)27(13-14-28(35)31(29)32(26)39)22(2)17-20-41-33(40)37-42-25-11-9-23(10-12-25)34(3,4)5/h9-12,22,24,26-32,38-39H,8,13-21H2,1-7H3,(H,37,40)/t22-,24-,26-,27-,28+,29+,30+,31+,32-,35?,36-/m1/s1. The van der Waals surface area contributed by atoms with Crippen molar-refractivity contribution in [2.75, 3.05) is 6.61 Å². The monoisotopic (exact) mass is 599 g/mol. The maximum Gasteiger partial charge on any atom is 0.417 e. The summed E-state index contributed by atoms with van der Waals surface area (Å²) in [7, 11) is 0. The van der Waals surface area contributed by atoms with Crippen molar-refractivity contribution >= 4 is 18.0 Å². The lowest BCUT2D eigenvalue weighted by atomic mass is 9.41. The predicted molar refractivity (Wildman–Crippen MR) is 171 cm³/mol. The van der Waals surface area contributed by atoms with Crippen LogP contribution in [0.25, 0.3) is 0 Å². The van der Waals surface area contributed by atoms with Gasteiger partial charge in [0.05, 0.1) is 18.8 Å². The summed E-state index contributed by atoms with van der Waals surface area (Å²) in [6.07, 6.45) is 8.77. The summed E-state index contributed by atoms with van der Waals surface area (Å²) in [5, 5.41) is 22.5. The molecule has 0 saturated heterocycles. The number of fused-ring (bicyclic) bond motifs is 5. The molecule has 0 spiro atoms. The lowest BCUT2D eigenvalue weighted by molar-refractivity contribution is -0.203. The van der Waals surface area contributed by atoms with Crippen LogP contribution in [0.4, 0.5) is 4.79 Å². The third-order valence-electron chi connectivity index (χ3n) is 12.9. The Morgan fingerprint density at radius 2 is 1.69 bits per heavy atom. The molecule has 1 aromatic rings. The first-order valence-electron chi connectivity index (χ1n) is 16.9. The number of hydrogen-bond acceptors (Lipinski definition) is 5. The molecule has 0 radical (unpaired) electrons. The minimum absolute atomic E-state index is 0.108. The lowest BCUT2D eigenvalue weighted by Crippen LogP contribution is -2.62. The highest BCUT2D eigenvalue weighted by molar-refractivity contribution is 7.98. The van der Waals surface area contributed by atoms with Gasteiger partial charge in [-0.1, -0.05) is 67.0 Å². The maximum absolute atomic E-state index is 12.5. The first-order valence-corrected chi connectivity index (χ1v) is 17.7. The minimum atomic E-state index is -0.376. The topological polar surface area (TPSA) is 78.8 Å². The van der Waals surface area contributed by atoms with E-state index in [-0.39, 0.29) is 34.5 Å². The fourth-order valence-electron chi connectivity index (χ4n) is 10.6. The quantitative estimate of drug-likeness (QED) is 0.275. The van der Waals surface area contributed by atoms with Crippen LogP contribution in [0.1, 0.15) is 112 Å². The van der Waals surface area contributed by atoms with E-state index < -0.39 is 0 Å². The van der Waals surface area contributed by atoms with Gasteiger partial charge in [-0.3, -0.25) is 4.72 Å². The minimum Gasteiger partial charge on any atom is -0.449 e. The zero-order valence-corrected chi connectivity index (χ0v) is 28.0. The molecule has 236 valence electrons. The van der Waals surface area contributed by atoms with Gasteiger partial charge in [-0.25, -0.2) is 4.79 Å². The van der Waals surface area contributed by atoms with E-state index in [0.29, 0.717) is 48.0 Å². The average Bonchev–Trinajstić information content (AvgIpc) is 3.30. The van der Waals surface area contributed by atoms with Crippen molar-refractivity contribution in [2.45, 2.75) is 129 Å². The van der Waals surface area contributed by atoms with E-state index in [1.165, 1.54) is 43.2 Å². The van der Waals surface area contributed by atoms with E-state index in [1.54, 1.807) is 0 Å². The summed E-state index contributed by atoms with van der Waals surface area (Å²) in [5.41, 5.74) is 1.85. The van der Waals surface area contributed by atoms with Crippen molar-refractivity contribution in [3.05, 3.63) is 29.8 Å². The number of benzene rings is 1. The van der Waals surface area contributed by atoms with Gasteiger partial charge in [-0.05, 0) is 139 Å². The van der Waals surface area contributed by atoms with Crippen molar-refractivity contribution in [1.29, 1.82) is 0 Å². The second-order valence-electron chi connectivity index (χ2n) is 16.0. The fourth-order valence-corrected chi connectivity index (χ4v) is 11.2. The molecule has 6 heteroatoms. The molecule has 4 saturated carbocycles. The number of amides is 1. The lowest BCUT2D eigenvalue weighted by Gasteiger charge is -2.64. The molecule has 1 unspecified atom stereocenters. The summed E-state index contributed by atoms with van der Waals surface area (Å²) in [6.45, 7) is 16.6. The van der Waals surface area contributed by atoms with Gasteiger partial charge in [-0.2, -0.15) is 0 Å². The molecule has 3 N–H and O–H groups in total. The highest BCUT2D eigenvalue weighted by atomic mass is 32.2. The molecule has 4 aliphatic rings. The maximum atomic E-state index is 12.5. The predicted octanol–water partition coefficient (Wildman–Crippen LogP) is 8.37. The second-order valence-corrected chi connectivity index (χ2v) is 16.9. The van der Waals surface area contributed by atoms with E-state index in [4.69, 9.17) is 4.74 Å². The van der Waals surface area contributed by atoms with Gasteiger partial charge in [0.25, 0.3) is 0 Å². The zero-order valence-electron chi connectivity index (χ0n) is 27.2.